The van der Waals surface area contributed by atoms with Crippen LogP contribution in [0.5, 0.6) is 0 Å². The van der Waals surface area contributed by atoms with Crippen molar-refractivity contribution in [3.05, 3.63) is 10.8 Å². The molecule has 10 nitrogen and oxygen atoms in total. The van der Waals surface area contributed by atoms with Crippen LogP contribution in [0.25, 0.3) is 10.8 Å². The van der Waals surface area contributed by atoms with E-state index < -0.39 is 12.2 Å². The van der Waals surface area contributed by atoms with Crippen molar-refractivity contribution in [2.45, 2.75) is 13.8 Å². The number of isocyanates is 2. The molecule has 0 rings (SSSR count). The molecule has 0 aliphatic heterocycles. The summed E-state index contributed by atoms with van der Waals surface area (Å²) in [6.07, 6.45) is -0.421. The van der Waals surface area contributed by atoms with Crippen molar-refractivity contribution in [3.63, 3.8) is 0 Å². The summed E-state index contributed by atoms with van der Waals surface area (Å²) >= 11 is 0. The Hall–Kier alpha value is -2.70. The molecule has 2 amide bonds. The van der Waals surface area contributed by atoms with Gasteiger partial charge in [-0.3, -0.25) is 9.59 Å². The minimum atomic E-state index is -0.711. The number of nitrogens with zero attached hydrogens (tertiary/aromatic N) is 2. The molecule has 0 aromatic rings. The van der Waals surface area contributed by atoms with E-state index in [1.165, 1.54) is 0 Å². The second kappa shape index (κ2) is 29.2. The van der Waals surface area contributed by atoms with Gasteiger partial charge < -0.3 is 31.8 Å². The maximum absolute atomic E-state index is 9.60. The molecule has 0 bridgehead atoms. The highest BCUT2D eigenvalue weighted by Crippen LogP contribution is 1.66. The van der Waals surface area contributed by atoms with Gasteiger partial charge in [-0.15, -0.1) is 0 Å². The first kappa shape index (κ1) is 24.5. The van der Waals surface area contributed by atoms with Gasteiger partial charge in [0.2, 0.25) is 0 Å². The van der Waals surface area contributed by atoms with Crippen molar-refractivity contribution in [2.75, 3.05) is 13.2 Å². The Morgan fingerprint density at radius 2 is 1.11 bits per heavy atom. The first-order valence-electron chi connectivity index (χ1n) is 4.24. The molecule has 0 unspecified atom stereocenters. The maximum Gasteiger partial charge on any atom is 0.404 e. The smallest absolute Gasteiger partial charge is 0.404 e. The molecule has 0 aliphatic carbocycles. The van der Waals surface area contributed by atoms with E-state index in [4.69, 9.17) is 20.4 Å². The van der Waals surface area contributed by atoms with Crippen molar-refractivity contribution in [3.8, 4) is 0 Å². The van der Waals surface area contributed by atoms with Crippen molar-refractivity contribution in [2.24, 2.45) is 11.5 Å². The van der Waals surface area contributed by atoms with E-state index in [0.717, 1.165) is 0 Å². The summed E-state index contributed by atoms with van der Waals surface area (Å²) < 4.78 is 8.36. The number of hydrogen-bond donors (Lipinski definition) is 2. The average Bonchev–Trinajstić information content (AvgIpc) is 2.20. The van der Waals surface area contributed by atoms with Crippen LogP contribution in [0.1, 0.15) is 13.8 Å². The second-order valence-electron chi connectivity index (χ2n) is 1.69. The Bertz CT molecular complexity index is 241. The van der Waals surface area contributed by atoms with Gasteiger partial charge in [-0.2, -0.15) is 0 Å². The van der Waals surface area contributed by atoms with Crippen LogP contribution in [-0.2, 0) is 19.1 Å². The normalized spacial score (nSPS) is 5.89. The monoisotopic (exact) mass is 262 g/mol. The lowest BCUT2D eigenvalue weighted by Gasteiger charge is -1.89. The molecule has 0 spiro atoms. The zero-order chi connectivity index (χ0) is 15.4. The van der Waals surface area contributed by atoms with Crippen LogP contribution in [0.4, 0.5) is 9.59 Å². The molecule has 0 aliphatic rings. The summed E-state index contributed by atoms with van der Waals surface area (Å²) in [5.41, 5.74) is 9.08. The number of hydrogen-bond acceptors (Lipinski definition) is 6. The SMILES string of the molecule is CCOC(N)=O.CCOC(N)=O.[N-]=C=O.[N-]=C=O. The summed E-state index contributed by atoms with van der Waals surface area (Å²) in [6.45, 7) is 4.11. The predicted octanol–water partition coefficient (Wildman–Crippen LogP) is -0.0136. The Balaban J connectivity index is -0.0000000770. The highest BCUT2D eigenvalue weighted by Gasteiger charge is 1.82. The zero-order valence-corrected chi connectivity index (χ0v) is 9.91. The number of carbonyl (C=O) groups excluding carboxylic acids is 4. The van der Waals surface area contributed by atoms with E-state index in [1.54, 1.807) is 13.8 Å². The highest BCUT2D eigenvalue weighted by molar-refractivity contribution is 5.64. The zero-order valence-electron chi connectivity index (χ0n) is 9.91. The van der Waals surface area contributed by atoms with Gasteiger partial charge in [0.15, 0.2) is 0 Å². The first-order valence-corrected chi connectivity index (χ1v) is 4.24. The Kier molecular flexibility index (Phi) is 39.8. The molecule has 0 fully saturated rings. The predicted molar refractivity (Wildman–Crippen MR) is 60.5 cm³/mol. The number of ether oxygens (including phenoxy) is 2. The van der Waals surface area contributed by atoms with Gasteiger partial charge in [-0.1, -0.05) is 0 Å². The van der Waals surface area contributed by atoms with Crippen molar-refractivity contribution >= 4 is 24.3 Å². The minimum absolute atomic E-state index is 0.356. The van der Waals surface area contributed by atoms with Crippen LogP contribution in [0, 0.1) is 0 Å². The molecule has 18 heavy (non-hydrogen) atoms. The highest BCUT2D eigenvalue weighted by atomic mass is 16.5. The lowest BCUT2D eigenvalue weighted by Crippen LogP contribution is -2.11. The van der Waals surface area contributed by atoms with Gasteiger partial charge in [0, 0.05) is 0 Å². The minimum Gasteiger partial charge on any atom is -0.724 e. The third kappa shape index (κ3) is 185. The first-order chi connectivity index (χ1) is 8.37. The van der Waals surface area contributed by atoms with Crippen molar-refractivity contribution < 1.29 is 28.7 Å². The number of nitrogens with two attached hydrogens (primary N) is 2. The molecule has 0 radical (unpaired) electrons. The summed E-state index contributed by atoms with van der Waals surface area (Å²) in [5, 5.41) is 13.5. The third-order valence-corrected chi connectivity index (χ3v) is 0.573. The summed E-state index contributed by atoms with van der Waals surface area (Å²) in [5.74, 6) is 0. The van der Waals surface area contributed by atoms with Crippen LogP contribution in [0.15, 0.2) is 0 Å². The Morgan fingerprint density at radius 1 is 0.944 bits per heavy atom. The molecule has 0 atom stereocenters. The van der Waals surface area contributed by atoms with E-state index in [0.29, 0.717) is 25.4 Å². The Labute approximate surface area is 103 Å². The Morgan fingerprint density at radius 3 is 1.11 bits per heavy atom. The van der Waals surface area contributed by atoms with E-state index in [9.17, 15) is 9.59 Å². The van der Waals surface area contributed by atoms with Crippen LogP contribution in [-0.4, -0.2) is 37.6 Å². The molecule has 4 N–H and O–H groups in total. The molecule has 0 saturated carbocycles. The van der Waals surface area contributed by atoms with Crippen LogP contribution >= 0.6 is 0 Å². The number of rotatable bonds is 2. The fraction of sp³-hybridized carbons (Fsp3) is 0.500. The molecule has 104 valence electrons. The van der Waals surface area contributed by atoms with E-state index in [-0.39, 0.29) is 0 Å². The number of carbonyl (C=O) groups is 2. The van der Waals surface area contributed by atoms with Crippen LogP contribution in [0.2, 0.25) is 0 Å². The van der Waals surface area contributed by atoms with E-state index in [2.05, 4.69) is 20.9 Å². The third-order valence-electron chi connectivity index (χ3n) is 0.573. The van der Waals surface area contributed by atoms with Gasteiger partial charge >= 0.3 is 12.2 Å². The molecule has 0 heterocycles. The van der Waals surface area contributed by atoms with Crippen molar-refractivity contribution in [1.82, 2.24) is 0 Å². The summed E-state index contributed by atoms with van der Waals surface area (Å²) in [7, 11) is 0. The molecule has 0 aromatic heterocycles. The fourth-order valence-corrected chi connectivity index (χ4v) is 0.285. The quantitative estimate of drug-likeness (QED) is 0.520. The van der Waals surface area contributed by atoms with E-state index >= 15 is 0 Å². The topological polar surface area (TPSA) is 183 Å². The molecule has 10 heteroatoms. The standard InChI is InChI=1S/2C3H7NO2.2CNO/c2*1-2-6-3(4)5;2*2-1-3/h2*2H2,1H3,(H2,4,5);;/q;;2*-1. The maximum atomic E-state index is 9.60. The van der Waals surface area contributed by atoms with Gasteiger partial charge in [-0.25, -0.2) is 9.59 Å². The fourth-order valence-electron chi connectivity index (χ4n) is 0.285. The van der Waals surface area contributed by atoms with Gasteiger partial charge in [0.1, 0.15) is 0 Å². The van der Waals surface area contributed by atoms with Gasteiger partial charge in [0.25, 0.3) is 0 Å². The molecule has 0 saturated heterocycles. The van der Waals surface area contributed by atoms with Gasteiger partial charge in [-0.05, 0) is 26.0 Å². The molecular weight excluding hydrogens is 248 g/mol. The number of amides is 2. The van der Waals surface area contributed by atoms with Crippen LogP contribution < -0.4 is 11.5 Å². The van der Waals surface area contributed by atoms with Crippen LogP contribution in [0.3, 0.4) is 0 Å². The second-order valence-corrected chi connectivity index (χ2v) is 1.69. The lowest BCUT2D eigenvalue weighted by molar-refractivity contribution is 0.162. The summed E-state index contributed by atoms with van der Waals surface area (Å²) in [6, 6.07) is 0. The molecular formula is C8H14N4O6-2. The largest absolute Gasteiger partial charge is 0.724 e. The molecule has 0 aromatic carbocycles. The average molecular weight is 262 g/mol. The van der Waals surface area contributed by atoms with Gasteiger partial charge in [0.05, 0.1) is 13.2 Å². The van der Waals surface area contributed by atoms with E-state index in [1.807, 2.05) is 0 Å². The summed E-state index contributed by atoms with van der Waals surface area (Å²) in [4.78, 5) is 35.7. The van der Waals surface area contributed by atoms with Crippen molar-refractivity contribution in [1.29, 1.82) is 0 Å². The lowest BCUT2D eigenvalue weighted by atomic mass is 10.9. The number of primary amides is 2.